The van der Waals surface area contributed by atoms with E-state index in [4.69, 9.17) is 9.47 Å². The molecular formula is C31H26N4O7. The minimum Gasteiger partial charge on any atom is -0.490 e. The van der Waals surface area contributed by atoms with Crippen molar-refractivity contribution in [3.05, 3.63) is 129 Å². The molecule has 0 aliphatic carbocycles. The number of carbonyl (C=O) groups excluding carboxylic acids is 3. The molecule has 4 aromatic rings. The molecule has 0 aliphatic heterocycles. The number of benzene rings is 4. The maximum atomic E-state index is 12.5. The van der Waals surface area contributed by atoms with E-state index in [1.165, 1.54) is 42.6 Å². The van der Waals surface area contributed by atoms with Gasteiger partial charge in [0.2, 0.25) is 0 Å². The van der Waals surface area contributed by atoms with Gasteiger partial charge in [0.25, 0.3) is 17.5 Å². The Bertz CT molecular complexity index is 1630. The number of ether oxygens (including phenoxy) is 2. The first kappa shape index (κ1) is 29.2. The van der Waals surface area contributed by atoms with Gasteiger partial charge in [-0.1, -0.05) is 17.7 Å². The SMILES string of the molecule is CCOc1cc(/C=N\NC(=O)c2ccc(NC(=O)c3ccc([N+](=O)[O-])cc3)cc2)ccc1OC(=O)c1ccc(C)cc1. The number of hydrogen-bond acceptors (Lipinski definition) is 8. The molecule has 212 valence electrons. The van der Waals surface area contributed by atoms with Gasteiger partial charge in [-0.05, 0) is 86.1 Å². The van der Waals surface area contributed by atoms with Crippen LogP contribution in [0, 0.1) is 17.0 Å². The van der Waals surface area contributed by atoms with Crippen molar-refractivity contribution in [1.29, 1.82) is 0 Å². The average molecular weight is 567 g/mol. The molecule has 0 bridgehead atoms. The number of aryl methyl sites for hydroxylation is 1. The van der Waals surface area contributed by atoms with Crippen molar-refractivity contribution in [1.82, 2.24) is 5.43 Å². The molecule has 42 heavy (non-hydrogen) atoms. The van der Waals surface area contributed by atoms with Gasteiger partial charge in [0.1, 0.15) is 0 Å². The van der Waals surface area contributed by atoms with Gasteiger partial charge in [0.15, 0.2) is 11.5 Å². The number of hydrazone groups is 1. The van der Waals surface area contributed by atoms with E-state index in [0.717, 1.165) is 5.56 Å². The van der Waals surface area contributed by atoms with Crippen molar-refractivity contribution in [2.75, 3.05) is 11.9 Å². The summed E-state index contributed by atoms with van der Waals surface area (Å²) in [6.45, 7) is 4.08. The first-order chi connectivity index (χ1) is 20.2. The maximum Gasteiger partial charge on any atom is 0.343 e. The van der Waals surface area contributed by atoms with E-state index in [2.05, 4.69) is 15.8 Å². The van der Waals surface area contributed by atoms with Crippen molar-refractivity contribution in [2.45, 2.75) is 13.8 Å². The monoisotopic (exact) mass is 566 g/mol. The summed E-state index contributed by atoms with van der Waals surface area (Å²) in [6, 6.07) is 23.2. The van der Waals surface area contributed by atoms with Crippen LogP contribution in [-0.2, 0) is 0 Å². The minimum atomic E-state index is -0.545. The van der Waals surface area contributed by atoms with Crippen molar-refractivity contribution in [3.8, 4) is 11.5 Å². The third-order valence-corrected chi connectivity index (χ3v) is 5.88. The van der Waals surface area contributed by atoms with Crippen LogP contribution < -0.4 is 20.2 Å². The van der Waals surface area contributed by atoms with Crippen molar-refractivity contribution in [2.24, 2.45) is 5.10 Å². The number of anilines is 1. The van der Waals surface area contributed by atoms with Crippen molar-refractivity contribution in [3.63, 3.8) is 0 Å². The molecule has 0 saturated heterocycles. The second kappa shape index (κ2) is 13.5. The van der Waals surface area contributed by atoms with E-state index in [1.807, 2.05) is 19.1 Å². The highest BCUT2D eigenvalue weighted by Gasteiger charge is 2.14. The Labute approximate surface area is 240 Å². The number of nitrogens with one attached hydrogen (secondary N) is 2. The number of amides is 2. The lowest BCUT2D eigenvalue weighted by Crippen LogP contribution is -2.18. The van der Waals surface area contributed by atoms with Crippen LogP contribution in [0.5, 0.6) is 11.5 Å². The lowest BCUT2D eigenvalue weighted by Gasteiger charge is -2.11. The molecule has 0 unspecified atom stereocenters. The van der Waals surface area contributed by atoms with Crippen LogP contribution in [0.4, 0.5) is 11.4 Å². The largest absolute Gasteiger partial charge is 0.490 e. The number of rotatable bonds is 10. The Morgan fingerprint density at radius 2 is 1.45 bits per heavy atom. The Morgan fingerprint density at radius 3 is 2.10 bits per heavy atom. The molecular weight excluding hydrogens is 540 g/mol. The average Bonchev–Trinajstić information content (AvgIpc) is 2.99. The highest BCUT2D eigenvalue weighted by molar-refractivity contribution is 6.04. The quantitative estimate of drug-likeness (QED) is 0.0842. The molecule has 11 heteroatoms. The Balaban J connectivity index is 1.34. The van der Waals surface area contributed by atoms with E-state index >= 15 is 0 Å². The van der Waals surface area contributed by atoms with Crippen molar-refractivity contribution < 1.29 is 28.8 Å². The smallest absolute Gasteiger partial charge is 0.343 e. The fraction of sp³-hybridized carbons (Fsp3) is 0.0968. The van der Waals surface area contributed by atoms with Crippen LogP contribution in [0.15, 0.2) is 96.1 Å². The summed E-state index contributed by atoms with van der Waals surface area (Å²) in [7, 11) is 0. The zero-order valence-electron chi connectivity index (χ0n) is 22.7. The lowest BCUT2D eigenvalue weighted by atomic mass is 10.1. The van der Waals surface area contributed by atoms with Crippen LogP contribution >= 0.6 is 0 Å². The first-order valence-electron chi connectivity index (χ1n) is 12.8. The van der Waals surface area contributed by atoms with Gasteiger partial charge in [-0.25, -0.2) is 10.2 Å². The van der Waals surface area contributed by atoms with E-state index in [1.54, 1.807) is 49.4 Å². The number of carbonyl (C=O) groups is 3. The standard InChI is InChI=1S/C31H26N4O7/c1-3-41-28-18-21(6-17-27(28)42-31(38)24-7-4-20(2)5-8-24)19-32-34-30(37)23-9-13-25(14-10-23)33-29(36)22-11-15-26(16-12-22)35(39)40/h4-19H,3H2,1-2H3,(H,33,36)(H,34,37)/b32-19-. The maximum absolute atomic E-state index is 12.5. The summed E-state index contributed by atoms with van der Waals surface area (Å²) in [5.74, 6) is -0.840. The van der Waals surface area contributed by atoms with Crippen LogP contribution in [0.25, 0.3) is 0 Å². The van der Waals surface area contributed by atoms with Gasteiger partial charge in [0.05, 0.1) is 23.3 Å². The molecule has 0 saturated carbocycles. The minimum absolute atomic E-state index is 0.115. The summed E-state index contributed by atoms with van der Waals surface area (Å²) in [5.41, 5.74) is 5.34. The van der Waals surface area contributed by atoms with Gasteiger partial charge < -0.3 is 14.8 Å². The Kier molecular flexibility index (Phi) is 9.36. The van der Waals surface area contributed by atoms with Crippen molar-refractivity contribution >= 4 is 35.4 Å². The number of nitro groups is 1. The van der Waals surface area contributed by atoms with Gasteiger partial charge in [0, 0.05) is 28.9 Å². The summed E-state index contributed by atoms with van der Waals surface area (Å²) in [6.07, 6.45) is 1.42. The number of nitro benzene ring substituents is 1. The fourth-order valence-corrected chi connectivity index (χ4v) is 3.68. The summed E-state index contributed by atoms with van der Waals surface area (Å²) in [5, 5.41) is 17.4. The molecule has 11 nitrogen and oxygen atoms in total. The molecule has 2 amide bonds. The van der Waals surface area contributed by atoms with Gasteiger partial charge in [-0.2, -0.15) is 5.10 Å². The van der Waals surface area contributed by atoms with Crippen LogP contribution in [0.2, 0.25) is 0 Å². The second-order valence-corrected chi connectivity index (χ2v) is 8.93. The second-order valence-electron chi connectivity index (χ2n) is 8.93. The van der Waals surface area contributed by atoms with E-state index < -0.39 is 22.7 Å². The number of nitrogens with zero attached hydrogens (tertiary/aromatic N) is 2. The van der Waals surface area contributed by atoms with E-state index in [-0.39, 0.29) is 17.0 Å². The van der Waals surface area contributed by atoms with Crippen LogP contribution in [-0.4, -0.2) is 35.5 Å². The normalized spacial score (nSPS) is 10.6. The molecule has 4 rings (SSSR count). The zero-order valence-corrected chi connectivity index (χ0v) is 22.7. The lowest BCUT2D eigenvalue weighted by molar-refractivity contribution is -0.384. The molecule has 0 atom stereocenters. The number of non-ortho nitro benzene ring substituents is 1. The van der Waals surface area contributed by atoms with Gasteiger partial charge in [-0.3, -0.25) is 19.7 Å². The van der Waals surface area contributed by atoms with Crippen LogP contribution in [0.3, 0.4) is 0 Å². The number of hydrogen-bond donors (Lipinski definition) is 2. The first-order valence-corrected chi connectivity index (χ1v) is 12.8. The third-order valence-electron chi connectivity index (χ3n) is 5.88. The van der Waals surface area contributed by atoms with Crippen LogP contribution in [0.1, 0.15) is 49.1 Å². The molecule has 0 aliphatic rings. The predicted molar refractivity (Wildman–Crippen MR) is 156 cm³/mol. The molecule has 0 radical (unpaired) electrons. The Morgan fingerprint density at radius 1 is 0.833 bits per heavy atom. The highest BCUT2D eigenvalue weighted by atomic mass is 16.6. The third kappa shape index (κ3) is 7.63. The van der Waals surface area contributed by atoms with Gasteiger partial charge in [-0.15, -0.1) is 0 Å². The fourth-order valence-electron chi connectivity index (χ4n) is 3.68. The summed E-state index contributed by atoms with van der Waals surface area (Å²) in [4.78, 5) is 47.7. The van der Waals surface area contributed by atoms with Gasteiger partial charge >= 0.3 is 5.97 Å². The predicted octanol–water partition coefficient (Wildman–Crippen LogP) is 5.54. The molecule has 4 aromatic carbocycles. The molecule has 0 spiro atoms. The molecule has 0 fully saturated rings. The van der Waals surface area contributed by atoms with E-state index in [9.17, 15) is 24.5 Å². The topological polar surface area (TPSA) is 149 Å². The summed E-state index contributed by atoms with van der Waals surface area (Å²) >= 11 is 0. The molecule has 0 heterocycles. The van der Waals surface area contributed by atoms with E-state index in [0.29, 0.717) is 34.7 Å². The number of esters is 1. The zero-order chi connectivity index (χ0) is 30.1. The molecule has 0 aromatic heterocycles. The summed E-state index contributed by atoms with van der Waals surface area (Å²) < 4.78 is 11.2. The highest BCUT2D eigenvalue weighted by Crippen LogP contribution is 2.29. The molecule has 2 N–H and O–H groups in total. The Hall–Kier alpha value is -5.84.